The number of alkyl halides is 1. The molecule has 66 valence electrons. The number of aliphatic hydroxyl groups excluding tert-OH is 3. The maximum atomic E-state index is 13.1. The van der Waals surface area contributed by atoms with Crippen molar-refractivity contribution in [2.75, 3.05) is 6.61 Å². The first kappa shape index (κ1) is 8.86. The number of ether oxygens (including phenoxy) is 1. The summed E-state index contributed by atoms with van der Waals surface area (Å²) in [6.45, 7) is 0.524. The third-order valence-electron chi connectivity index (χ3n) is 1.90. The maximum Gasteiger partial charge on any atom is 0.192 e. The lowest BCUT2D eigenvalue weighted by atomic mass is 10.0. The van der Waals surface area contributed by atoms with Gasteiger partial charge in [0.05, 0.1) is 6.61 Å². The van der Waals surface area contributed by atoms with Gasteiger partial charge in [0.1, 0.15) is 12.2 Å². The Labute approximate surface area is 63.2 Å². The number of halogens is 1. The molecule has 3 N–H and O–H groups in total. The average molecular weight is 166 g/mol. The SMILES string of the molecule is C[C@]1(F)C(O)O[C@H](CO)[C@H]1O. The van der Waals surface area contributed by atoms with Crippen LogP contribution in [0.25, 0.3) is 0 Å². The fraction of sp³-hybridized carbons (Fsp3) is 1.00. The fourth-order valence-electron chi connectivity index (χ4n) is 1.03. The molecule has 0 spiro atoms. The standard InChI is InChI=1S/C6H11FO4/c1-6(7)4(9)3(2-8)11-5(6)10/h3-5,8-10H,2H2,1H3/t3-,4-,5?,6-/m1/s1. The molecule has 0 bridgehead atoms. The van der Waals surface area contributed by atoms with Gasteiger partial charge in [0.15, 0.2) is 12.0 Å². The molecule has 0 aromatic heterocycles. The minimum absolute atomic E-state index is 0.502. The van der Waals surface area contributed by atoms with E-state index in [0.717, 1.165) is 6.92 Å². The van der Waals surface area contributed by atoms with Gasteiger partial charge in [0.2, 0.25) is 0 Å². The number of rotatable bonds is 1. The largest absolute Gasteiger partial charge is 0.394 e. The lowest BCUT2D eigenvalue weighted by Gasteiger charge is -2.19. The van der Waals surface area contributed by atoms with E-state index < -0.39 is 30.8 Å². The van der Waals surface area contributed by atoms with Crippen LogP contribution in [0.4, 0.5) is 4.39 Å². The molecule has 5 heteroatoms. The summed E-state index contributed by atoms with van der Waals surface area (Å²) in [4.78, 5) is 0. The third-order valence-corrected chi connectivity index (χ3v) is 1.90. The van der Waals surface area contributed by atoms with Gasteiger partial charge in [-0.25, -0.2) is 4.39 Å². The second-order valence-corrected chi connectivity index (χ2v) is 2.81. The van der Waals surface area contributed by atoms with Crippen LogP contribution in [0, 0.1) is 0 Å². The molecule has 0 aromatic rings. The summed E-state index contributed by atoms with van der Waals surface area (Å²) >= 11 is 0. The van der Waals surface area contributed by atoms with Crippen LogP contribution in [-0.4, -0.2) is 46.1 Å². The van der Waals surface area contributed by atoms with E-state index in [1.165, 1.54) is 0 Å². The average Bonchev–Trinajstić information content (AvgIpc) is 2.14. The van der Waals surface area contributed by atoms with Crippen LogP contribution in [0.1, 0.15) is 6.92 Å². The Balaban J connectivity index is 2.71. The third kappa shape index (κ3) is 1.24. The Hall–Kier alpha value is -0.230. The molecule has 4 atom stereocenters. The minimum atomic E-state index is -2.19. The summed E-state index contributed by atoms with van der Waals surface area (Å²) in [5.41, 5.74) is -2.19. The van der Waals surface area contributed by atoms with E-state index in [1.807, 2.05) is 0 Å². The molecule has 1 saturated heterocycles. The van der Waals surface area contributed by atoms with Crippen LogP contribution in [0.5, 0.6) is 0 Å². The Morgan fingerprint density at radius 1 is 1.55 bits per heavy atom. The van der Waals surface area contributed by atoms with Gasteiger partial charge in [0, 0.05) is 0 Å². The zero-order valence-electron chi connectivity index (χ0n) is 6.07. The van der Waals surface area contributed by atoms with E-state index in [2.05, 4.69) is 4.74 Å². The van der Waals surface area contributed by atoms with Crippen molar-refractivity contribution in [3.63, 3.8) is 0 Å². The highest BCUT2D eigenvalue weighted by molar-refractivity contribution is 4.96. The Morgan fingerprint density at radius 3 is 2.27 bits per heavy atom. The number of aliphatic hydroxyl groups is 3. The summed E-state index contributed by atoms with van der Waals surface area (Å²) in [5, 5.41) is 26.5. The van der Waals surface area contributed by atoms with Crippen molar-refractivity contribution in [3.05, 3.63) is 0 Å². The minimum Gasteiger partial charge on any atom is -0.394 e. The molecule has 1 fully saturated rings. The molecule has 11 heavy (non-hydrogen) atoms. The molecule has 1 heterocycles. The molecular formula is C6H11FO4. The van der Waals surface area contributed by atoms with Gasteiger partial charge in [0.25, 0.3) is 0 Å². The summed E-state index contributed by atoms with van der Waals surface area (Å²) < 4.78 is 17.6. The zero-order valence-corrected chi connectivity index (χ0v) is 6.07. The lowest BCUT2D eigenvalue weighted by Crippen LogP contribution is -2.41. The zero-order chi connectivity index (χ0) is 8.65. The van der Waals surface area contributed by atoms with Gasteiger partial charge in [-0.2, -0.15) is 0 Å². The van der Waals surface area contributed by atoms with Gasteiger partial charge < -0.3 is 20.1 Å². The van der Waals surface area contributed by atoms with Crippen molar-refractivity contribution in [1.82, 2.24) is 0 Å². The van der Waals surface area contributed by atoms with Crippen LogP contribution < -0.4 is 0 Å². The first-order valence-corrected chi connectivity index (χ1v) is 3.31. The fourth-order valence-corrected chi connectivity index (χ4v) is 1.03. The number of hydrogen-bond acceptors (Lipinski definition) is 4. The van der Waals surface area contributed by atoms with E-state index in [4.69, 9.17) is 15.3 Å². The van der Waals surface area contributed by atoms with Gasteiger partial charge in [-0.1, -0.05) is 0 Å². The van der Waals surface area contributed by atoms with Gasteiger partial charge in [-0.15, -0.1) is 0 Å². The second kappa shape index (κ2) is 2.67. The van der Waals surface area contributed by atoms with E-state index in [1.54, 1.807) is 0 Å². The molecular weight excluding hydrogens is 155 g/mol. The van der Waals surface area contributed by atoms with Crippen molar-refractivity contribution in [2.24, 2.45) is 0 Å². The van der Waals surface area contributed by atoms with Crippen LogP contribution in [0.2, 0.25) is 0 Å². The second-order valence-electron chi connectivity index (χ2n) is 2.81. The van der Waals surface area contributed by atoms with Crippen molar-refractivity contribution in [3.8, 4) is 0 Å². The van der Waals surface area contributed by atoms with Crippen molar-refractivity contribution < 1.29 is 24.4 Å². The van der Waals surface area contributed by atoms with Crippen LogP contribution >= 0.6 is 0 Å². The quantitative estimate of drug-likeness (QED) is 0.457. The van der Waals surface area contributed by atoms with Gasteiger partial charge in [-0.3, -0.25) is 0 Å². The maximum absolute atomic E-state index is 13.1. The van der Waals surface area contributed by atoms with Crippen LogP contribution in [0.15, 0.2) is 0 Å². The van der Waals surface area contributed by atoms with Crippen molar-refractivity contribution in [1.29, 1.82) is 0 Å². The lowest BCUT2D eigenvalue weighted by molar-refractivity contribution is -0.143. The summed E-state index contributed by atoms with van der Waals surface area (Å²) in [6.07, 6.45) is -4.16. The van der Waals surface area contributed by atoms with Gasteiger partial charge in [-0.05, 0) is 6.92 Å². The smallest absolute Gasteiger partial charge is 0.192 e. The number of hydrogen-bond donors (Lipinski definition) is 3. The molecule has 1 rings (SSSR count). The molecule has 1 aliphatic heterocycles. The molecule has 0 aliphatic carbocycles. The highest BCUT2D eigenvalue weighted by atomic mass is 19.1. The van der Waals surface area contributed by atoms with Crippen molar-refractivity contribution in [2.45, 2.75) is 31.1 Å². The molecule has 1 unspecified atom stereocenters. The van der Waals surface area contributed by atoms with Crippen LogP contribution in [0.3, 0.4) is 0 Å². The topological polar surface area (TPSA) is 69.9 Å². The normalized spacial score (nSPS) is 51.5. The Bertz CT molecular complexity index is 150. The predicted molar refractivity (Wildman–Crippen MR) is 33.5 cm³/mol. The molecule has 1 aliphatic rings. The molecule has 0 saturated carbocycles. The van der Waals surface area contributed by atoms with Gasteiger partial charge >= 0.3 is 0 Å². The Kier molecular flexibility index (Phi) is 2.15. The Morgan fingerprint density at radius 2 is 2.09 bits per heavy atom. The molecule has 0 amide bonds. The van der Waals surface area contributed by atoms with Crippen molar-refractivity contribution >= 4 is 0 Å². The monoisotopic (exact) mass is 166 g/mol. The first-order chi connectivity index (χ1) is 5.00. The molecule has 0 aromatic carbocycles. The van der Waals surface area contributed by atoms with E-state index in [0.29, 0.717) is 0 Å². The van der Waals surface area contributed by atoms with E-state index >= 15 is 0 Å². The van der Waals surface area contributed by atoms with E-state index in [-0.39, 0.29) is 0 Å². The van der Waals surface area contributed by atoms with E-state index in [9.17, 15) is 4.39 Å². The van der Waals surface area contributed by atoms with Crippen LogP contribution in [-0.2, 0) is 4.74 Å². The summed E-state index contributed by atoms with van der Waals surface area (Å²) in [7, 11) is 0. The summed E-state index contributed by atoms with van der Waals surface area (Å²) in [6, 6.07) is 0. The molecule has 4 nitrogen and oxygen atoms in total. The highest BCUT2D eigenvalue weighted by Crippen LogP contribution is 2.32. The first-order valence-electron chi connectivity index (χ1n) is 3.31. The predicted octanol–water partition coefficient (Wildman–Crippen LogP) is -1.22. The molecule has 0 radical (unpaired) electrons. The highest BCUT2D eigenvalue weighted by Gasteiger charge is 2.53. The summed E-state index contributed by atoms with van der Waals surface area (Å²) in [5.74, 6) is 0.